The number of ether oxygens (including phenoxy) is 3. The van der Waals surface area contributed by atoms with Crippen molar-refractivity contribution >= 4 is 15.9 Å². The van der Waals surface area contributed by atoms with Gasteiger partial charge in [0.05, 0.1) is 18.1 Å². The maximum atomic E-state index is 12.5. The van der Waals surface area contributed by atoms with Crippen LogP contribution in [0.1, 0.15) is 25.0 Å². The van der Waals surface area contributed by atoms with Crippen molar-refractivity contribution in [3.05, 3.63) is 47.5 Å². The summed E-state index contributed by atoms with van der Waals surface area (Å²) in [6, 6.07) is 9.84. The summed E-state index contributed by atoms with van der Waals surface area (Å²) in [6.07, 6.45) is 0. The lowest BCUT2D eigenvalue weighted by molar-refractivity contribution is -0.123. The highest BCUT2D eigenvalue weighted by Gasteiger charge is 2.18. The van der Waals surface area contributed by atoms with E-state index in [2.05, 4.69) is 10.3 Å². The monoisotopic (exact) mass is 422 g/mol. The maximum absolute atomic E-state index is 12.5. The molecule has 0 saturated carbocycles. The summed E-state index contributed by atoms with van der Waals surface area (Å²) in [5.74, 6) is 0.715. The number of hydrogen-bond acceptors (Lipinski definition) is 6. The number of sulfonamides is 1. The second-order valence-corrected chi connectivity index (χ2v) is 7.82. The Morgan fingerprint density at radius 3 is 2.17 bits per heavy atom. The quantitative estimate of drug-likeness (QED) is 0.570. The Bertz CT molecular complexity index is 939. The highest BCUT2D eigenvalue weighted by atomic mass is 32.2. The van der Waals surface area contributed by atoms with E-state index in [1.165, 1.54) is 18.2 Å². The van der Waals surface area contributed by atoms with E-state index in [4.69, 9.17) is 14.2 Å². The fraction of sp³-hybridized carbons (Fsp3) is 0.350. The SMILES string of the molecule is CCOc1ccc(S(=O)(=O)NNC(=O)COc2c(C)cccc2C)cc1OCC. The van der Waals surface area contributed by atoms with E-state index in [9.17, 15) is 13.2 Å². The Kier molecular flexibility index (Phi) is 7.86. The van der Waals surface area contributed by atoms with Crippen LogP contribution in [0.4, 0.5) is 0 Å². The average Bonchev–Trinajstić information content (AvgIpc) is 2.67. The molecule has 0 saturated heterocycles. The van der Waals surface area contributed by atoms with Crippen molar-refractivity contribution in [1.82, 2.24) is 10.3 Å². The number of amides is 1. The summed E-state index contributed by atoms with van der Waals surface area (Å²) >= 11 is 0. The van der Waals surface area contributed by atoms with E-state index >= 15 is 0 Å². The van der Waals surface area contributed by atoms with Crippen LogP contribution < -0.4 is 24.5 Å². The lowest BCUT2D eigenvalue weighted by Crippen LogP contribution is -2.43. The highest BCUT2D eigenvalue weighted by Crippen LogP contribution is 2.30. The van der Waals surface area contributed by atoms with Crippen LogP contribution in [0.3, 0.4) is 0 Å². The van der Waals surface area contributed by atoms with Gasteiger partial charge in [0.25, 0.3) is 15.9 Å². The molecule has 0 fully saturated rings. The van der Waals surface area contributed by atoms with Crippen molar-refractivity contribution in [2.45, 2.75) is 32.6 Å². The van der Waals surface area contributed by atoms with Crippen LogP contribution in [0.15, 0.2) is 41.3 Å². The fourth-order valence-corrected chi connectivity index (χ4v) is 3.46. The van der Waals surface area contributed by atoms with E-state index in [0.29, 0.717) is 30.5 Å². The molecule has 2 N–H and O–H groups in total. The molecule has 1 amide bonds. The zero-order chi connectivity index (χ0) is 21.4. The molecule has 8 nitrogen and oxygen atoms in total. The van der Waals surface area contributed by atoms with Crippen molar-refractivity contribution < 1.29 is 27.4 Å². The zero-order valence-electron chi connectivity index (χ0n) is 16.9. The summed E-state index contributed by atoms with van der Waals surface area (Å²) in [5.41, 5.74) is 3.92. The summed E-state index contributed by atoms with van der Waals surface area (Å²) in [7, 11) is -4.00. The Morgan fingerprint density at radius 2 is 1.55 bits per heavy atom. The van der Waals surface area contributed by atoms with Crippen molar-refractivity contribution in [3.63, 3.8) is 0 Å². The number of para-hydroxylation sites is 1. The molecular formula is C20H26N2O6S. The molecule has 9 heteroatoms. The van der Waals surface area contributed by atoms with Crippen LogP contribution in [0.2, 0.25) is 0 Å². The molecule has 29 heavy (non-hydrogen) atoms. The first-order chi connectivity index (χ1) is 13.8. The van der Waals surface area contributed by atoms with Gasteiger partial charge in [0, 0.05) is 6.07 Å². The van der Waals surface area contributed by atoms with Gasteiger partial charge in [-0.2, -0.15) is 0 Å². The topological polar surface area (TPSA) is 103 Å². The summed E-state index contributed by atoms with van der Waals surface area (Å²) in [4.78, 5) is 14.0. The van der Waals surface area contributed by atoms with Crippen LogP contribution in [0, 0.1) is 13.8 Å². The minimum Gasteiger partial charge on any atom is -0.490 e. The Balaban J connectivity index is 2.02. The normalized spacial score (nSPS) is 11.0. The third kappa shape index (κ3) is 6.10. The van der Waals surface area contributed by atoms with Gasteiger partial charge in [0.2, 0.25) is 0 Å². The van der Waals surface area contributed by atoms with Crippen molar-refractivity contribution in [2.75, 3.05) is 19.8 Å². The van der Waals surface area contributed by atoms with Gasteiger partial charge in [0.1, 0.15) is 5.75 Å². The number of rotatable bonds is 10. The van der Waals surface area contributed by atoms with Gasteiger partial charge in [0.15, 0.2) is 18.1 Å². The zero-order valence-corrected chi connectivity index (χ0v) is 17.8. The summed E-state index contributed by atoms with van der Waals surface area (Å²) in [6.45, 7) is 7.77. The van der Waals surface area contributed by atoms with Gasteiger partial charge in [-0.25, -0.2) is 8.42 Å². The average molecular weight is 423 g/mol. The first-order valence-corrected chi connectivity index (χ1v) is 10.7. The number of hydrazine groups is 1. The molecular weight excluding hydrogens is 396 g/mol. The first-order valence-electron chi connectivity index (χ1n) is 9.17. The molecule has 0 radical (unpaired) electrons. The van der Waals surface area contributed by atoms with Crippen LogP contribution in [0.25, 0.3) is 0 Å². The predicted molar refractivity (Wildman–Crippen MR) is 109 cm³/mol. The van der Waals surface area contributed by atoms with Crippen molar-refractivity contribution in [3.8, 4) is 17.2 Å². The van der Waals surface area contributed by atoms with Crippen LogP contribution in [0.5, 0.6) is 17.2 Å². The molecule has 0 spiro atoms. The molecule has 0 aliphatic rings. The molecule has 0 aliphatic carbocycles. The number of benzene rings is 2. The number of hydrogen-bond donors (Lipinski definition) is 2. The summed E-state index contributed by atoms with van der Waals surface area (Å²) in [5, 5.41) is 0. The second kappa shape index (κ2) is 10.1. The number of carbonyl (C=O) groups is 1. The molecule has 0 bridgehead atoms. The largest absolute Gasteiger partial charge is 0.490 e. The second-order valence-electron chi connectivity index (χ2n) is 6.14. The van der Waals surface area contributed by atoms with E-state index < -0.39 is 15.9 Å². The van der Waals surface area contributed by atoms with E-state index in [-0.39, 0.29) is 11.5 Å². The van der Waals surface area contributed by atoms with Gasteiger partial charge in [-0.15, -0.1) is 4.83 Å². The standard InChI is InChI=1S/C20H26N2O6S/c1-5-26-17-11-10-16(12-18(17)27-6-2)29(24,25)22-21-19(23)13-28-20-14(3)8-7-9-15(20)4/h7-12,22H,5-6,13H2,1-4H3,(H,21,23). The molecule has 2 aromatic rings. The minimum absolute atomic E-state index is 0.0691. The number of carbonyl (C=O) groups excluding carboxylic acids is 1. The summed E-state index contributed by atoms with van der Waals surface area (Å²) < 4.78 is 41.3. The van der Waals surface area contributed by atoms with E-state index in [0.717, 1.165) is 11.1 Å². The van der Waals surface area contributed by atoms with Gasteiger partial charge in [-0.05, 0) is 51.0 Å². The first kappa shape index (κ1) is 22.5. The third-order valence-corrected chi connectivity index (χ3v) is 5.15. The lowest BCUT2D eigenvalue weighted by atomic mass is 10.1. The smallest absolute Gasteiger partial charge is 0.272 e. The van der Waals surface area contributed by atoms with Gasteiger partial charge in [-0.3, -0.25) is 10.2 Å². The molecule has 0 heterocycles. The van der Waals surface area contributed by atoms with Crippen molar-refractivity contribution in [2.24, 2.45) is 0 Å². The molecule has 0 aliphatic heterocycles. The van der Waals surface area contributed by atoms with Gasteiger partial charge >= 0.3 is 0 Å². The molecule has 0 aromatic heterocycles. The van der Waals surface area contributed by atoms with Crippen LogP contribution >= 0.6 is 0 Å². The Morgan fingerprint density at radius 1 is 0.931 bits per heavy atom. The van der Waals surface area contributed by atoms with Crippen LogP contribution in [-0.4, -0.2) is 34.1 Å². The Labute approximate surface area is 171 Å². The molecule has 0 atom stereocenters. The van der Waals surface area contributed by atoms with Gasteiger partial charge < -0.3 is 14.2 Å². The molecule has 158 valence electrons. The van der Waals surface area contributed by atoms with Crippen molar-refractivity contribution in [1.29, 1.82) is 0 Å². The molecule has 2 rings (SSSR count). The fourth-order valence-electron chi connectivity index (χ4n) is 2.58. The molecule has 0 unspecified atom stereocenters. The number of nitrogens with one attached hydrogen (secondary N) is 2. The van der Waals surface area contributed by atoms with E-state index in [1.807, 2.05) is 39.0 Å². The minimum atomic E-state index is -4.00. The highest BCUT2D eigenvalue weighted by molar-refractivity contribution is 7.89. The number of aryl methyl sites for hydroxylation is 2. The predicted octanol–water partition coefficient (Wildman–Crippen LogP) is 2.49. The van der Waals surface area contributed by atoms with Crippen LogP contribution in [-0.2, 0) is 14.8 Å². The van der Waals surface area contributed by atoms with E-state index in [1.54, 1.807) is 6.92 Å². The molecule has 2 aromatic carbocycles. The third-order valence-electron chi connectivity index (χ3n) is 3.91. The Hall–Kier alpha value is -2.78. The van der Waals surface area contributed by atoms with Gasteiger partial charge in [-0.1, -0.05) is 18.2 Å². The lowest BCUT2D eigenvalue weighted by Gasteiger charge is -2.14. The maximum Gasteiger partial charge on any atom is 0.272 e.